The third-order valence-electron chi connectivity index (χ3n) is 3.12. The van der Waals surface area contributed by atoms with Crippen molar-refractivity contribution in [2.75, 3.05) is 13.1 Å². The zero-order chi connectivity index (χ0) is 15.8. The first-order chi connectivity index (χ1) is 9.90. The number of carbonyl (C=O) groups is 2. The van der Waals surface area contributed by atoms with Crippen LogP contribution in [0.25, 0.3) is 0 Å². The molecule has 0 N–H and O–H groups in total. The standard InChI is InChI=1S/C17H25NO3/c1-13(2)10-18(14(3)4)11-16(19)17(20)21-12-15-8-6-5-7-9-15/h5-9,13-14H,10-12H2,1-4H3. The lowest BCUT2D eigenvalue weighted by Gasteiger charge is -2.26. The number of ketones is 1. The van der Waals surface area contributed by atoms with E-state index in [-0.39, 0.29) is 19.2 Å². The van der Waals surface area contributed by atoms with Crippen LogP contribution in [0.1, 0.15) is 33.3 Å². The molecular weight excluding hydrogens is 266 g/mol. The second-order valence-corrected chi connectivity index (χ2v) is 5.90. The SMILES string of the molecule is CC(C)CN(CC(=O)C(=O)OCc1ccccc1)C(C)C. The molecule has 116 valence electrons. The summed E-state index contributed by atoms with van der Waals surface area (Å²) < 4.78 is 5.06. The van der Waals surface area contributed by atoms with Crippen molar-refractivity contribution in [3.63, 3.8) is 0 Å². The lowest BCUT2D eigenvalue weighted by atomic mass is 10.1. The van der Waals surface area contributed by atoms with E-state index in [0.717, 1.165) is 12.1 Å². The van der Waals surface area contributed by atoms with Crippen molar-refractivity contribution < 1.29 is 14.3 Å². The summed E-state index contributed by atoms with van der Waals surface area (Å²) in [5.74, 6) is -0.797. The molecule has 0 bridgehead atoms. The minimum absolute atomic E-state index is 0.115. The molecule has 0 aliphatic carbocycles. The smallest absolute Gasteiger partial charge is 0.376 e. The molecule has 0 spiro atoms. The molecule has 0 saturated carbocycles. The quantitative estimate of drug-likeness (QED) is 0.546. The molecule has 0 atom stereocenters. The lowest BCUT2D eigenvalue weighted by molar-refractivity contribution is -0.155. The van der Waals surface area contributed by atoms with Gasteiger partial charge in [0.15, 0.2) is 0 Å². The molecule has 1 aromatic rings. The molecule has 0 aromatic heterocycles. The minimum atomic E-state index is -0.756. The molecule has 4 nitrogen and oxygen atoms in total. The molecule has 0 aliphatic rings. The lowest BCUT2D eigenvalue weighted by Crippen LogP contribution is -2.40. The Morgan fingerprint density at radius 3 is 2.24 bits per heavy atom. The molecule has 1 rings (SSSR count). The number of esters is 1. The van der Waals surface area contributed by atoms with Gasteiger partial charge in [-0.15, -0.1) is 0 Å². The molecule has 1 aromatic carbocycles. The molecule has 21 heavy (non-hydrogen) atoms. The fraction of sp³-hybridized carbons (Fsp3) is 0.529. The van der Waals surface area contributed by atoms with Gasteiger partial charge in [0.05, 0.1) is 6.54 Å². The van der Waals surface area contributed by atoms with E-state index in [1.54, 1.807) is 0 Å². The maximum Gasteiger partial charge on any atom is 0.376 e. The van der Waals surface area contributed by atoms with Crippen molar-refractivity contribution in [2.24, 2.45) is 5.92 Å². The topological polar surface area (TPSA) is 46.6 Å². The zero-order valence-corrected chi connectivity index (χ0v) is 13.3. The highest BCUT2D eigenvalue weighted by Gasteiger charge is 2.21. The van der Waals surface area contributed by atoms with Crippen LogP contribution < -0.4 is 0 Å². The summed E-state index contributed by atoms with van der Waals surface area (Å²) in [5.41, 5.74) is 0.876. The van der Waals surface area contributed by atoms with Crippen LogP contribution in [0, 0.1) is 5.92 Å². The molecule has 0 heterocycles. The Bertz CT molecular complexity index is 454. The number of carbonyl (C=O) groups excluding carboxylic acids is 2. The maximum absolute atomic E-state index is 11.9. The van der Waals surface area contributed by atoms with Gasteiger partial charge in [-0.2, -0.15) is 0 Å². The Morgan fingerprint density at radius 2 is 1.71 bits per heavy atom. The summed E-state index contributed by atoms with van der Waals surface area (Å²) in [6, 6.07) is 9.57. The van der Waals surface area contributed by atoms with Gasteiger partial charge in [0, 0.05) is 12.6 Å². The van der Waals surface area contributed by atoms with Gasteiger partial charge in [-0.3, -0.25) is 9.69 Å². The van der Waals surface area contributed by atoms with Crippen LogP contribution in [-0.4, -0.2) is 35.8 Å². The van der Waals surface area contributed by atoms with E-state index < -0.39 is 11.8 Å². The van der Waals surface area contributed by atoms with E-state index in [4.69, 9.17) is 4.74 Å². The van der Waals surface area contributed by atoms with E-state index in [1.165, 1.54) is 0 Å². The maximum atomic E-state index is 11.9. The molecule has 0 aliphatic heterocycles. The fourth-order valence-electron chi connectivity index (χ4n) is 1.98. The Labute approximate surface area is 127 Å². The Kier molecular flexibility index (Phi) is 7.09. The van der Waals surface area contributed by atoms with Crippen molar-refractivity contribution in [3.05, 3.63) is 35.9 Å². The monoisotopic (exact) mass is 291 g/mol. The van der Waals surface area contributed by atoms with Crippen molar-refractivity contribution in [1.29, 1.82) is 0 Å². The van der Waals surface area contributed by atoms with E-state index in [0.29, 0.717) is 5.92 Å². The summed E-state index contributed by atoms with van der Waals surface area (Å²) >= 11 is 0. The zero-order valence-electron chi connectivity index (χ0n) is 13.3. The van der Waals surface area contributed by atoms with Gasteiger partial charge in [0.1, 0.15) is 6.61 Å². The first-order valence-electron chi connectivity index (χ1n) is 7.38. The summed E-state index contributed by atoms with van der Waals surface area (Å²) in [4.78, 5) is 25.7. The largest absolute Gasteiger partial charge is 0.455 e. The minimum Gasteiger partial charge on any atom is -0.455 e. The summed E-state index contributed by atoms with van der Waals surface area (Å²) in [6.45, 7) is 9.26. The molecule has 0 saturated heterocycles. The predicted molar refractivity (Wildman–Crippen MR) is 82.8 cm³/mol. The van der Waals surface area contributed by atoms with Crippen LogP contribution in [0.4, 0.5) is 0 Å². The second-order valence-electron chi connectivity index (χ2n) is 5.90. The van der Waals surface area contributed by atoms with E-state index in [2.05, 4.69) is 13.8 Å². The fourth-order valence-corrected chi connectivity index (χ4v) is 1.98. The molecule has 0 amide bonds. The van der Waals surface area contributed by atoms with E-state index in [1.807, 2.05) is 49.1 Å². The summed E-state index contributed by atoms with van der Waals surface area (Å²) in [6.07, 6.45) is 0. The van der Waals surface area contributed by atoms with Gasteiger partial charge >= 0.3 is 5.97 Å². The first kappa shape index (κ1) is 17.4. The number of benzene rings is 1. The Morgan fingerprint density at radius 1 is 1.10 bits per heavy atom. The van der Waals surface area contributed by atoms with Crippen molar-refractivity contribution in [2.45, 2.75) is 40.3 Å². The van der Waals surface area contributed by atoms with Gasteiger partial charge in [-0.1, -0.05) is 44.2 Å². The highest BCUT2D eigenvalue weighted by Crippen LogP contribution is 2.05. The van der Waals surface area contributed by atoms with Crippen LogP contribution in [0.5, 0.6) is 0 Å². The second kappa shape index (κ2) is 8.57. The predicted octanol–water partition coefficient (Wildman–Crippen LogP) is 2.67. The van der Waals surface area contributed by atoms with Crippen LogP contribution in [0.3, 0.4) is 0 Å². The number of rotatable bonds is 8. The molecule has 4 heteroatoms. The first-order valence-corrected chi connectivity index (χ1v) is 7.38. The average Bonchev–Trinajstić information content (AvgIpc) is 2.44. The van der Waals surface area contributed by atoms with Gasteiger partial charge in [-0.05, 0) is 25.3 Å². The number of ether oxygens (including phenoxy) is 1. The van der Waals surface area contributed by atoms with Gasteiger partial charge in [0.2, 0.25) is 0 Å². The average molecular weight is 291 g/mol. The Balaban J connectivity index is 2.47. The molecular formula is C17H25NO3. The summed E-state index contributed by atoms with van der Waals surface area (Å²) in [5, 5.41) is 0. The van der Waals surface area contributed by atoms with Gasteiger partial charge in [-0.25, -0.2) is 4.79 Å². The van der Waals surface area contributed by atoms with Crippen LogP contribution in [-0.2, 0) is 20.9 Å². The van der Waals surface area contributed by atoms with Crippen LogP contribution in [0.15, 0.2) is 30.3 Å². The van der Waals surface area contributed by atoms with Crippen molar-refractivity contribution in [1.82, 2.24) is 4.90 Å². The highest BCUT2D eigenvalue weighted by atomic mass is 16.5. The third-order valence-corrected chi connectivity index (χ3v) is 3.12. The number of Topliss-reactive ketones (excluding diaryl/α,β-unsaturated/α-hetero) is 1. The summed E-state index contributed by atoms with van der Waals surface area (Å²) in [7, 11) is 0. The Hall–Kier alpha value is -1.68. The van der Waals surface area contributed by atoms with Crippen molar-refractivity contribution in [3.8, 4) is 0 Å². The van der Waals surface area contributed by atoms with Crippen LogP contribution in [0.2, 0.25) is 0 Å². The third kappa shape index (κ3) is 6.54. The normalized spacial score (nSPS) is 11.2. The van der Waals surface area contributed by atoms with E-state index >= 15 is 0 Å². The highest BCUT2D eigenvalue weighted by molar-refractivity contribution is 6.34. The van der Waals surface area contributed by atoms with Gasteiger partial charge < -0.3 is 4.74 Å². The molecule has 0 unspecified atom stereocenters. The van der Waals surface area contributed by atoms with Gasteiger partial charge in [0.25, 0.3) is 5.78 Å². The number of nitrogens with zero attached hydrogens (tertiary/aromatic N) is 1. The van der Waals surface area contributed by atoms with E-state index in [9.17, 15) is 9.59 Å². The molecule has 0 fully saturated rings. The van der Waals surface area contributed by atoms with Crippen LogP contribution >= 0.6 is 0 Å². The number of hydrogen-bond donors (Lipinski definition) is 0. The number of hydrogen-bond acceptors (Lipinski definition) is 4. The molecule has 0 radical (unpaired) electrons. The van der Waals surface area contributed by atoms with Crippen molar-refractivity contribution >= 4 is 11.8 Å².